The van der Waals surface area contributed by atoms with Crippen LogP contribution in [0.3, 0.4) is 0 Å². The van der Waals surface area contributed by atoms with Gasteiger partial charge in [-0.1, -0.05) is 6.92 Å². The van der Waals surface area contributed by atoms with Gasteiger partial charge in [0.15, 0.2) is 0 Å². The Balaban J connectivity index is 1.84. The highest BCUT2D eigenvalue weighted by Crippen LogP contribution is 2.23. The van der Waals surface area contributed by atoms with E-state index in [1.165, 1.54) is 0 Å². The fourth-order valence-electron chi connectivity index (χ4n) is 2.75. The van der Waals surface area contributed by atoms with Crippen LogP contribution in [0.1, 0.15) is 13.3 Å². The molecule has 0 radical (unpaired) electrons. The molecular formula is C18H21F3N6O. The number of hydrogen-bond acceptors (Lipinski definition) is 6. The van der Waals surface area contributed by atoms with E-state index in [2.05, 4.69) is 20.3 Å². The molecule has 3 aromatic rings. The zero-order valence-corrected chi connectivity index (χ0v) is 15.2. The number of nitrogens with zero attached hydrogens (tertiary/aromatic N) is 4. The monoisotopic (exact) mass is 394 g/mol. The molecule has 3 rings (SSSR count). The Hall–Kier alpha value is -2.88. The van der Waals surface area contributed by atoms with Gasteiger partial charge in [0, 0.05) is 25.0 Å². The van der Waals surface area contributed by atoms with E-state index in [0.29, 0.717) is 29.2 Å². The van der Waals surface area contributed by atoms with Crippen molar-refractivity contribution in [1.29, 1.82) is 0 Å². The topological polar surface area (TPSA) is 90.4 Å². The molecular weight excluding hydrogens is 373 g/mol. The van der Waals surface area contributed by atoms with Gasteiger partial charge >= 0.3 is 0 Å². The zero-order chi connectivity index (χ0) is 20.1. The van der Waals surface area contributed by atoms with Crippen molar-refractivity contribution in [3.63, 3.8) is 0 Å². The summed E-state index contributed by atoms with van der Waals surface area (Å²) in [7, 11) is 0. The average molecular weight is 394 g/mol. The first-order chi connectivity index (χ1) is 13.5. The summed E-state index contributed by atoms with van der Waals surface area (Å²) in [6, 6.07) is 4.35. The molecule has 3 N–H and O–H groups in total. The second-order valence-corrected chi connectivity index (χ2v) is 6.11. The maximum atomic E-state index is 13.9. The molecule has 0 aromatic carbocycles. The first kappa shape index (κ1) is 19.9. The molecule has 10 heteroatoms. The number of hydrogen-bond donors (Lipinski definition) is 2. The van der Waals surface area contributed by atoms with Crippen molar-refractivity contribution >= 4 is 11.6 Å². The molecule has 0 saturated carbocycles. The summed E-state index contributed by atoms with van der Waals surface area (Å²) < 4.78 is 45.2. The van der Waals surface area contributed by atoms with E-state index in [0.717, 1.165) is 0 Å². The van der Waals surface area contributed by atoms with E-state index in [1.807, 2.05) is 6.92 Å². The maximum Gasteiger partial charge on any atom is 0.272 e. The predicted molar refractivity (Wildman–Crippen MR) is 99.4 cm³/mol. The van der Waals surface area contributed by atoms with Gasteiger partial charge in [-0.25, -0.2) is 28.1 Å². The van der Waals surface area contributed by atoms with Crippen molar-refractivity contribution in [3.05, 3.63) is 36.8 Å². The van der Waals surface area contributed by atoms with Crippen molar-refractivity contribution in [2.24, 2.45) is 5.73 Å². The standard InChI is InChI=1S/C18H21F3N6O/c1-2-13(12(19)8-22)25-18-23-5-3-14(26-18)15-9-24-17-7-11(4-6-27(15)17)28-10-16(20)21/h3-7,9,12-13,16H,2,8,10,22H2,1H3,(H,23,25,26)/t12-,13-/m0/s1. The average Bonchev–Trinajstić information content (AvgIpc) is 3.13. The Morgan fingerprint density at radius 1 is 1.25 bits per heavy atom. The fourth-order valence-corrected chi connectivity index (χ4v) is 2.75. The largest absolute Gasteiger partial charge is 0.487 e. The number of aromatic nitrogens is 4. The number of nitrogens with two attached hydrogens (primary N) is 1. The van der Waals surface area contributed by atoms with Crippen molar-refractivity contribution < 1.29 is 17.9 Å². The van der Waals surface area contributed by atoms with Crippen molar-refractivity contribution in [2.75, 3.05) is 18.5 Å². The molecule has 0 amide bonds. The van der Waals surface area contributed by atoms with E-state index in [1.54, 1.807) is 41.2 Å². The van der Waals surface area contributed by atoms with Gasteiger partial charge in [-0.15, -0.1) is 0 Å². The van der Waals surface area contributed by atoms with Gasteiger partial charge in [-0.05, 0) is 18.6 Å². The fraction of sp³-hybridized carbons (Fsp3) is 0.389. The van der Waals surface area contributed by atoms with Gasteiger partial charge in [0.05, 0.1) is 23.6 Å². The van der Waals surface area contributed by atoms with E-state index in [-0.39, 0.29) is 12.5 Å². The molecule has 0 aliphatic carbocycles. The van der Waals surface area contributed by atoms with Crippen LogP contribution >= 0.6 is 0 Å². The number of alkyl halides is 3. The summed E-state index contributed by atoms with van der Waals surface area (Å²) in [6.45, 7) is 1.08. The molecule has 3 heterocycles. The van der Waals surface area contributed by atoms with Crippen molar-refractivity contribution in [2.45, 2.75) is 32.0 Å². The summed E-state index contributed by atoms with van der Waals surface area (Å²) in [5.41, 5.74) is 7.17. The summed E-state index contributed by atoms with van der Waals surface area (Å²) >= 11 is 0. The molecule has 3 aromatic heterocycles. The lowest BCUT2D eigenvalue weighted by atomic mass is 10.1. The number of halogens is 3. The van der Waals surface area contributed by atoms with Crippen molar-refractivity contribution in [3.8, 4) is 17.1 Å². The highest BCUT2D eigenvalue weighted by atomic mass is 19.3. The van der Waals surface area contributed by atoms with Crippen LogP contribution in [-0.2, 0) is 0 Å². The van der Waals surface area contributed by atoms with E-state index < -0.39 is 25.2 Å². The number of pyridine rings is 1. The summed E-state index contributed by atoms with van der Waals surface area (Å²) in [6.07, 6.45) is 1.60. The first-order valence-electron chi connectivity index (χ1n) is 8.84. The third-order valence-corrected chi connectivity index (χ3v) is 4.19. The van der Waals surface area contributed by atoms with Crippen molar-refractivity contribution in [1.82, 2.24) is 19.4 Å². The summed E-state index contributed by atoms with van der Waals surface area (Å²) in [5, 5.41) is 2.97. The highest BCUT2D eigenvalue weighted by molar-refractivity contribution is 5.61. The van der Waals surface area contributed by atoms with Crippen LogP contribution in [0.4, 0.5) is 19.1 Å². The Labute approximate surface area is 159 Å². The predicted octanol–water partition coefficient (Wildman–Crippen LogP) is 2.92. The minimum absolute atomic E-state index is 0.0889. The van der Waals surface area contributed by atoms with Gasteiger partial charge in [-0.3, -0.25) is 4.40 Å². The number of rotatable bonds is 9. The first-order valence-corrected chi connectivity index (χ1v) is 8.84. The quantitative estimate of drug-likeness (QED) is 0.580. The molecule has 0 aliphatic heterocycles. The molecule has 0 fully saturated rings. The molecule has 28 heavy (non-hydrogen) atoms. The lowest BCUT2D eigenvalue weighted by molar-refractivity contribution is 0.0819. The van der Waals surface area contributed by atoms with Gasteiger partial charge in [0.2, 0.25) is 5.95 Å². The Morgan fingerprint density at radius 3 is 2.79 bits per heavy atom. The molecule has 0 saturated heterocycles. The third kappa shape index (κ3) is 4.50. The highest BCUT2D eigenvalue weighted by Gasteiger charge is 2.19. The van der Waals surface area contributed by atoms with Crippen LogP contribution in [0.2, 0.25) is 0 Å². The second kappa shape index (κ2) is 8.87. The lowest BCUT2D eigenvalue weighted by Crippen LogP contribution is -2.35. The van der Waals surface area contributed by atoms with Gasteiger partial charge in [0.25, 0.3) is 6.43 Å². The normalized spacial score (nSPS) is 13.6. The van der Waals surface area contributed by atoms with Crippen LogP contribution in [0.15, 0.2) is 36.8 Å². The van der Waals surface area contributed by atoms with E-state index >= 15 is 0 Å². The molecule has 0 unspecified atom stereocenters. The molecule has 7 nitrogen and oxygen atoms in total. The van der Waals surface area contributed by atoms with Crippen LogP contribution in [0.25, 0.3) is 17.0 Å². The van der Waals surface area contributed by atoms with E-state index in [4.69, 9.17) is 10.5 Å². The minimum Gasteiger partial charge on any atom is -0.487 e. The minimum atomic E-state index is -2.55. The van der Waals surface area contributed by atoms with Crippen LogP contribution in [0, 0.1) is 0 Å². The number of anilines is 1. The molecule has 0 spiro atoms. The number of ether oxygens (including phenoxy) is 1. The molecule has 0 bridgehead atoms. The molecule has 0 aliphatic rings. The summed E-state index contributed by atoms with van der Waals surface area (Å²) in [5.74, 6) is 0.587. The molecule has 2 atom stereocenters. The zero-order valence-electron chi connectivity index (χ0n) is 15.2. The molecule has 150 valence electrons. The van der Waals surface area contributed by atoms with Crippen LogP contribution in [-0.4, -0.2) is 51.1 Å². The SMILES string of the molecule is CC[C@H](Nc1nccc(-c2cnc3cc(OCC(F)F)ccn23)n1)[C@@H](F)CN. The Morgan fingerprint density at radius 2 is 2.07 bits per heavy atom. The second-order valence-electron chi connectivity index (χ2n) is 6.11. The third-order valence-electron chi connectivity index (χ3n) is 4.19. The summed E-state index contributed by atoms with van der Waals surface area (Å²) in [4.78, 5) is 12.8. The van der Waals surface area contributed by atoms with E-state index in [9.17, 15) is 13.2 Å². The number of nitrogens with one attached hydrogen (secondary N) is 1. The maximum absolute atomic E-state index is 13.9. The van der Waals surface area contributed by atoms with Gasteiger partial charge in [0.1, 0.15) is 24.2 Å². The number of imidazole rings is 1. The van der Waals surface area contributed by atoms with Crippen LogP contribution < -0.4 is 15.8 Å². The Bertz CT molecular complexity index is 919. The van der Waals surface area contributed by atoms with Crippen LogP contribution in [0.5, 0.6) is 5.75 Å². The number of fused-ring (bicyclic) bond motifs is 1. The Kier molecular flexibility index (Phi) is 6.30. The smallest absolute Gasteiger partial charge is 0.272 e. The lowest BCUT2D eigenvalue weighted by Gasteiger charge is -2.19. The van der Waals surface area contributed by atoms with Gasteiger partial charge < -0.3 is 15.8 Å². The van der Waals surface area contributed by atoms with Gasteiger partial charge in [-0.2, -0.15) is 0 Å².